The summed E-state index contributed by atoms with van der Waals surface area (Å²) in [5.41, 5.74) is 2.93. The lowest BCUT2D eigenvalue weighted by molar-refractivity contribution is -0.138. The highest BCUT2D eigenvalue weighted by Crippen LogP contribution is 2.53. The Morgan fingerprint density at radius 3 is 1.69 bits per heavy atom. The summed E-state index contributed by atoms with van der Waals surface area (Å²) in [6.45, 7) is 13.9. The lowest BCUT2D eigenvalue weighted by Gasteiger charge is -2.36. The molecule has 3 unspecified atom stereocenters. The molecule has 4 aromatic rings. The van der Waals surface area contributed by atoms with Crippen molar-refractivity contribution in [2.24, 2.45) is 11.8 Å². The monoisotopic (exact) mass is 758 g/mol. The number of fused-ring (bicyclic) bond motifs is 2. The van der Waals surface area contributed by atoms with Gasteiger partial charge >= 0.3 is 12.4 Å². The molecule has 4 aromatic carbocycles. The fourth-order valence-corrected chi connectivity index (χ4v) is 8.57. The Morgan fingerprint density at radius 1 is 0.636 bits per heavy atom. The second-order valence-electron chi connectivity index (χ2n) is 16.6. The van der Waals surface area contributed by atoms with Crippen molar-refractivity contribution in [3.63, 3.8) is 0 Å². The van der Waals surface area contributed by atoms with E-state index in [1.807, 2.05) is 79.7 Å². The van der Waals surface area contributed by atoms with Gasteiger partial charge in [0.25, 0.3) is 0 Å². The average molecular weight is 759 g/mol. The summed E-state index contributed by atoms with van der Waals surface area (Å²) < 4.78 is 85.4. The van der Waals surface area contributed by atoms with Crippen molar-refractivity contribution in [3.05, 3.63) is 154 Å². The molecule has 2 aliphatic heterocycles. The van der Waals surface area contributed by atoms with Gasteiger partial charge in [-0.15, -0.1) is 0 Å². The molecule has 0 fully saturated rings. The van der Waals surface area contributed by atoms with Crippen LogP contribution in [0, 0.1) is 11.8 Å². The van der Waals surface area contributed by atoms with Crippen LogP contribution in [0.3, 0.4) is 0 Å². The summed E-state index contributed by atoms with van der Waals surface area (Å²) in [6, 6.07) is 27.7. The first-order chi connectivity index (χ1) is 25.9. The zero-order valence-corrected chi connectivity index (χ0v) is 32.6. The highest BCUT2D eigenvalue weighted by Gasteiger charge is 2.48. The van der Waals surface area contributed by atoms with E-state index in [0.29, 0.717) is 48.9 Å². The molecule has 6 rings (SSSR count). The van der Waals surface area contributed by atoms with E-state index < -0.39 is 34.3 Å². The molecule has 55 heavy (non-hydrogen) atoms. The number of hydrogen-bond donors (Lipinski definition) is 0. The predicted molar refractivity (Wildman–Crippen MR) is 212 cm³/mol. The van der Waals surface area contributed by atoms with Crippen molar-refractivity contribution < 1.29 is 26.3 Å². The van der Waals surface area contributed by atoms with Gasteiger partial charge in [-0.2, -0.15) is 26.3 Å². The van der Waals surface area contributed by atoms with E-state index in [-0.39, 0.29) is 6.04 Å². The molecule has 0 bridgehead atoms. The highest BCUT2D eigenvalue weighted by atomic mass is 19.4. The van der Waals surface area contributed by atoms with E-state index in [4.69, 9.17) is 0 Å². The first-order valence-corrected chi connectivity index (χ1v) is 19.4. The molecule has 3 atom stereocenters. The fourth-order valence-electron chi connectivity index (χ4n) is 8.57. The Kier molecular flexibility index (Phi) is 11.4. The molecule has 0 aromatic heterocycles. The van der Waals surface area contributed by atoms with Crippen LogP contribution in [-0.4, -0.2) is 19.1 Å². The van der Waals surface area contributed by atoms with Crippen LogP contribution in [0.15, 0.2) is 121 Å². The molecule has 2 nitrogen and oxygen atoms in total. The minimum absolute atomic E-state index is 0.299. The molecule has 0 amide bonds. The second kappa shape index (κ2) is 15.6. The zero-order chi connectivity index (χ0) is 39.8. The van der Waals surface area contributed by atoms with E-state index >= 15 is 0 Å². The summed E-state index contributed by atoms with van der Waals surface area (Å²) in [5, 5.41) is 0. The molecule has 0 saturated heterocycles. The third kappa shape index (κ3) is 8.39. The summed E-state index contributed by atoms with van der Waals surface area (Å²) in [7, 11) is 0. The smallest absolute Gasteiger partial charge is 0.364 e. The van der Waals surface area contributed by atoms with Gasteiger partial charge in [-0.25, -0.2) is 0 Å². The first-order valence-electron chi connectivity index (χ1n) is 19.4. The van der Waals surface area contributed by atoms with Gasteiger partial charge in [-0.05, 0) is 109 Å². The maximum absolute atomic E-state index is 14.2. The van der Waals surface area contributed by atoms with Crippen LogP contribution in [0.25, 0.3) is 0 Å². The van der Waals surface area contributed by atoms with Crippen LogP contribution in [0.1, 0.15) is 87.8 Å². The molecule has 8 heteroatoms. The quantitative estimate of drug-likeness (QED) is 0.133. The Balaban J connectivity index is 1.51. The number of halogens is 6. The normalized spacial score (nSPS) is 22.1. The van der Waals surface area contributed by atoms with Gasteiger partial charge in [0.1, 0.15) is 0 Å². The zero-order valence-electron chi connectivity index (χ0n) is 32.6. The predicted octanol–water partition coefficient (Wildman–Crippen LogP) is 13.0. The van der Waals surface area contributed by atoms with Gasteiger partial charge in [0.2, 0.25) is 0 Å². The standard InChI is InChI=1S/C47H52F6N2/c1-32(2)24-26-54-40-22-20-36(46(48,49)50)28-38(40)44(5,30-34-14-9-7-10-15-34)42(54)18-13-19-43-45(6,31-35-16-11-8-12-17-35)39-29-37(47(51,52)53)21-23-41(39)55(43)27-25-33(3)4/h7-23,28-29,32-33,42H,24-27,30-31H2,1-6H3/b18-13+,43-19+. The van der Waals surface area contributed by atoms with Gasteiger partial charge in [-0.1, -0.05) is 107 Å². The molecule has 0 aliphatic carbocycles. The van der Waals surface area contributed by atoms with Crippen LogP contribution in [0.2, 0.25) is 0 Å². The maximum Gasteiger partial charge on any atom is 0.416 e. The van der Waals surface area contributed by atoms with Crippen LogP contribution in [-0.2, 0) is 36.0 Å². The largest absolute Gasteiger partial charge is 0.416 e. The maximum atomic E-state index is 14.2. The van der Waals surface area contributed by atoms with Crippen molar-refractivity contribution in [3.8, 4) is 0 Å². The van der Waals surface area contributed by atoms with Crippen molar-refractivity contribution in [1.29, 1.82) is 0 Å². The molecule has 0 N–H and O–H groups in total. The molecule has 0 spiro atoms. The van der Waals surface area contributed by atoms with E-state index in [9.17, 15) is 26.3 Å². The van der Waals surface area contributed by atoms with Crippen molar-refractivity contribution in [2.75, 3.05) is 22.9 Å². The van der Waals surface area contributed by atoms with Crippen LogP contribution >= 0.6 is 0 Å². The summed E-state index contributed by atoms with van der Waals surface area (Å²) >= 11 is 0. The summed E-state index contributed by atoms with van der Waals surface area (Å²) in [4.78, 5) is 4.44. The van der Waals surface area contributed by atoms with Gasteiger partial charge in [0.05, 0.1) is 17.2 Å². The van der Waals surface area contributed by atoms with Gasteiger partial charge in [0, 0.05) is 41.0 Å². The Morgan fingerprint density at radius 2 is 1.15 bits per heavy atom. The molecule has 2 heterocycles. The van der Waals surface area contributed by atoms with Crippen LogP contribution < -0.4 is 9.80 Å². The first kappa shape index (κ1) is 40.2. The number of allylic oxidation sites excluding steroid dienone is 3. The lowest BCUT2D eigenvalue weighted by atomic mass is 9.73. The SMILES string of the molecule is CC(C)CCN1/C(=C/C=C/C2N(CCC(C)C)c3ccc(C(F)(F)F)cc3C2(C)Cc2ccccc2)C(C)(Cc2ccccc2)c2cc(C(F)(F)F)ccc21. The lowest BCUT2D eigenvalue weighted by Crippen LogP contribution is -2.44. The Bertz CT molecular complexity index is 2000. The summed E-state index contributed by atoms with van der Waals surface area (Å²) in [5.74, 6) is 0.736. The Hall–Kier alpha value is -4.46. The van der Waals surface area contributed by atoms with Crippen molar-refractivity contribution in [1.82, 2.24) is 0 Å². The summed E-state index contributed by atoms with van der Waals surface area (Å²) in [6.07, 6.45) is -0.139. The van der Waals surface area contributed by atoms with Crippen molar-refractivity contribution in [2.45, 2.75) is 96.5 Å². The van der Waals surface area contributed by atoms with Gasteiger partial charge < -0.3 is 9.80 Å². The third-order valence-corrected chi connectivity index (χ3v) is 11.5. The number of benzene rings is 4. The molecular weight excluding hydrogens is 707 g/mol. The fraction of sp³-hybridized carbons (Fsp3) is 0.404. The number of nitrogens with zero attached hydrogens (tertiary/aromatic N) is 2. The minimum atomic E-state index is -4.50. The topological polar surface area (TPSA) is 6.48 Å². The van der Waals surface area contributed by atoms with Crippen LogP contribution in [0.5, 0.6) is 0 Å². The average Bonchev–Trinajstić information content (AvgIpc) is 3.49. The molecule has 0 saturated carbocycles. The van der Waals surface area contributed by atoms with E-state index in [1.165, 1.54) is 24.3 Å². The molecule has 2 aliphatic rings. The van der Waals surface area contributed by atoms with Gasteiger partial charge in [0.15, 0.2) is 0 Å². The van der Waals surface area contributed by atoms with Crippen molar-refractivity contribution >= 4 is 11.4 Å². The third-order valence-electron chi connectivity index (χ3n) is 11.5. The number of rotatable bonds is 12. The highest BCUT2D eigenvalue weighted by molar-refractivity contribution is 5.73. The minimum Gasteiger partial charge on any atom is -0.364 e. The number of alkyl halides is 6. The number of anilines is 2. The van der Waals surface area contributed by atoms with E-state index in [1.54, 1.807) is 12.1 Å². The molecular formula is C47H52F6N2. The van der Waals surface area contributed by atoms with Crippen LogP contribution in [0.4, 0.5) is 37.7 Å². The Labute approximate surface area is 322 Å². The second-order valence-corrected chi connectivity index (χ2v) is 16.6. The van der Waals surface area contributed by atoms with E-state index in [2.05, 4.69) is 50.5 Å². The van der Waals surface area contributed by atoms with Gasteiger partial charge in [-0.3, -0.25) is 0 Å². The molecule has 0 radical (unpaired) electrons. The molecule has 292 valence electrons. The number of hydrogen-bond acceptors (Lipinski definition) is 2. The van der Waals surface area contributed by atoms with E-state index in [0.717, 1.165) is 41.0 Å².